The van der Waals surface area contributed by atoms with Crippen molar-refractivity contribution in [3.63, 3.8) is 0 Å². The van der Waals surface area contributed by atoms with Crippen LogP contribution in [0, 0.1) is 6.92 Å². The van der Waals surface area contributed by atoms with Crippen LogP contribution in [0.25, 0.3) is 5.69 Å². The Morgan fingerprint density at radius 3 is 2.50 bits per heavy atom. The first-order chi connectivity index (χ1) is 13.1. The maximum atomic E-state index is 12.6. The zero-order valence-electron chi connectivity index (χ0n) is 17.9. The van der Waals surface area contributed by atoms with Gasteiger partial charge in [0, 0.05) is 24.9 Å². The Morgan fingerprint density at radius 2 is 1.89 bits per heavy atom. The van der Waals surface area contributed by atoms with Crippen molar-refractivity contribution in [2.45, 2.75) is 59.3 Å². The number of unbranched alkanes of at least 4 members (excludes halogenated alkanes) is 1. The van der Waals surface area contributed by atoms with E-state index in [9.17, 15) is 9.59 Å². The van der Waals surface area contributed by atoms with Gasteiger partial charge in [-0.05, 0) is 25.0 Å². The second-order valence-electron chi connectivity index (χ2n) is 8.26. The summed E-state index contributed by atoms with van der Waals surface area (Å²) in [7, 11) is 1.66. The van der Waals surface area contributed by atoms with E-state index in [-0.39, 0.29) is 23.8 Å². The third-order valence-electron chi connectivity index (χ3n) is 4.64. The van der Waals surface area contributed by atoms with Crippen molar-refractivity contribution in [2.75, 3.05) is 18.9 Å². The molecule has 2 amide bonds. The van der Waals surface area contributed by atoms with E-state index in [2.05, 4.69) is 26.1 Å². The Balaban J connectivity index is 2.24. The molecule has 0 aliphatic rings. The lowest BCUT2D eigenvalue weighted by Gasteiger charge is -2.17. The number of hydrogen-bond donors (Lipinski definition) is 1. The van der Waals surface area contributed by atoms with Gasteiger partial charge in [-0.25, -0.2) is 4.68 Å². The molecule has 2 rings (SSSR count). The summed E-state index contributed by atoms with van der Waals surface area (Å²) in [6.45, 7) is 10.3. The van der Waals surface area contributed by atoms with Gasteiger partial charge in [0.15, 0.2) is 0 Å². The number of aryl methyl sites for hydroxylation is 1. The van der Waals surface area contributed by atoms with Crippen molar-refractivity contribution < 1.29 is 9.59 Å². The second-order valence-corrected chi connectivity index (χ2v) is 8.26. The Bertz CT molecular complexity index is 833. The summed E-state index contributed by atoms with van der Waals surface area (Å²) in [6, 6.07) is 9.82. The van der Waals surface area contributed by atoms with E-state index >= 15 is 0 Å². The maximum Gasteiger partial charge on any atom is 0.245 e. The predicted octanol–water partition coefficient (Wildman–Crippen LogP) is 4.07. The van der Waals surface area contributed by atoms with Crippen LogP contribution in [-0.2, 0) is 15.0 Å². The fraction of sp³-hybridized carbons (Fsp3) is 0.500. The van der Waals surface area contributed by atoms with Crippen LogP contribution in [0.2, 0.25) is 0 Å². The number of likely N-dealkylation sites (N-methyl/N-ethyl adjacent to an activating group) is 1. The van der Waals surface area contributed by atoms with Gasteiger partial charge in [0.2, 0.25) is 11.8 Å². The zero-order chi connectivity index (χ0) is 20.9. The fourth-order valence-electron chi connectivity index (χ4n) is 2.83. The molecule has 1 heterocycles. The fourth-order valence-corrected chi connectivity index (χ4v) is 2.83. The van der Waals surface area contributed by atoms with E-state index in [1.807, 2.05) is 44.2 Å². The van der Waals surface area contributed by atoms with E-state index < -0.39 is 0 Å². The first-order valence-corrected chi connectivity index (χ1v) is 9.84. The monoisotopic (exact) mass is 384 g/mol. The van der Waals surface area contributed by atoms with E-state index in [1.54, 1.807) is 11.7 Å². The number of nitrogens with zero attached hydrogens (tertiary/aromatic N) is 3. The lowest BCUT2D eigenvalue weighted by molar-refractivity contribution is -0.133. The summed E-state index contributed by atoms with van der Waals surface area (Å²) in [6.07, 6.45) is 2.26. The van der Waals surface area contributed by atoms with Crippen LogP contribution < -0.4 is 5.32 Å². The minimum atomic E-state index is -0.234. The number of rotatable bonds is 7. The van der Waals surface area contributed by atoms with Crippen LogP contribution in [-0.4, -0.2) is 40.1 Å². The molecule has 6 nitrogen and oxygen atoms in total. The van der Waals surface area contributed by atoms with Crippen molar-refractivity contribution in [2.24, 2.45) is 0 Å². The smallest absolute Gasteiger partial charge is 0.245 e. The quantitative estimate of drug-likeness (QED) is 0.783. The number of nitrogens with one attached hydrogen (secondary N) is 1. The number of benzene rings is 1. The number of carbonyl (C=O) groups excluding carboxylic acids is 2. The molecule has 1 aromatic heterocycles. The van der Waals surface area contributed by atoms with Gasteiger partial charge in [0.1, 0.15) is 5.82 Å². The zero-order valence-corrected chi connectivity index (χ0v) is 17.9. The minimum absolute atomic E-state index is 0.0141. The molecule has 0 radical (unpaired) electrons. The number of anilines is 1. The molecule has 1 N–H and O–H groups in total. The van der Waals surface area contributed by atoms with E-state index in [1.165, 1.54) is 4.90 Å². The molecule has 152 valence electrons. The van der Waals surface area contributed by atoms with E-state index in [0.29, 0.717) is 12.2 Å². The van der Waals surface area contributed by atoms with Gasteiger partial charge in [-0.2, -0.15) is 5.10 Å². The molecule has 1 aromatic carbocycles. The van der Waals surface area contributed by atoms with Gasteiger partial charge < -0.3 is 10.2 Å². The Morgan fingerprint density at radius 1 is 1.21 bits per heavy atom. The number of aromatic nitrogens is 2. The Hall–Kier alpha value is -2.63. The molecular weight excluding hydrogens is 352 g/mol. The van der Waals surface area contributed by atoms with Crippen LogP contribution in [0.1, 0.15) is 58.2 Å². The number of hydrogen-bond acceptors (Lipinski definition) is 3. The van der Waals surface area contributed by atoms with Gasteiger partial charge in [-0.15, -0.1) is 0 Å². The van der Waals surface area contributed by atoms with Crippen molar-refractivity contribution >= 4 is 17.6 Å². The molecule has 0 bridgehead atoms. The van der Waals surface area contributed by atoms with Crippen LogP contribution >= 0.6 is 0 Å². The highest BCUT2D eigenvalue weighted by molar-refractivity contribution is 5.94. The first kappa shape index (κ1) is 21.7. The molecule has 28 heavy (non-hydrogen) atoms. The largest absolute Gasteiger partial charge is 0.336 e. The SMILES string of the molecule is CCCCC(=O)N(C)CC(=O)Nc1cc(C(C)(C)C)nn1-c1ccccc1C. The molecule has 0 atom stereocenters. The predicted molar refractivity (Wildman–Crippen MR) is 113 cm³/mol. The molecule has 0 aliphatic carbocycles. The van der Waals surface area contributed by atoms with Crippen LogP contribution in [0.15, 0.2) is 30.3 Å². The number of carbonyl (C=O) groups is 2. The summed E-state index contributed by atoms with van der Waals surface area (Å²) in [4.78, 5) is 26.1. The molecule has 0 saturated carbocycles. The minimum Gasteiger partial charge on any atom is -0.336 e. The topological polar surface area (TPSA) is 67.2 Å². The van der Waals surface area contributed by atoms with Crippen molar-refractivity contribution in [3.8, 4) is 5.69 Å². The van der Waals surface area contributed by atoms with Crippen molar-refractivity contribution in [1.29, 1.82) is 0 Å². The van der Waals surface area contributed by atoms with Crippen molar-refractivity contribution in [1.82, 2.24) is 14.7 Å². The summed E-state index contributed by atoms with van der Waals surface area (Å²) in [5.74, 6) is 0.362. The molecule has 0 unspecified atom stereocenters. The second kappa shape index (κ2) is 9.04. The standard InChI is InChI=1S/C22H32N4O2/c1-7-8-13-21(28)25(6)15-20(27)23-19-14-18(22(3,4)5)24-26(19)17-12-10-9-11-16(17)2/h9-12,14H,7-8,13,15H2,1-6H3,(H,23,27). The molecule has 2 aromatic rings. The van der Waals surface area contributed by atoms with Gasteiger partial charge in [0.25, 0.3) is 0 Å². The van der Waals surface area contributed by atoms with Gasteiger partial charge in [-0.1, -0.05) is 52.3 Å². The normalized spacial score (nSPS) is 11.4. The van der Waals surface area contributed by atoms with Gasteiger partial charge >= 0.3 is 0 Å². The lowest BCUT2D eigenvalue weighted by Crippen LogP contribution is -2.35. The van der Waals surface area contributed by atoms with Crippen LogP contribution in [0.3, 0.4) is 0 Å². The third kappa shape index (κ3) is 5.44. The lowest BCUT2D eigenvalue weighted by atomic mass is 9.92. The molecule has 0 fully saturated rings. The molecule has 6 heteroatoms. The highest BCUT2D eigenvalue weighted by Gasteiger charge is 2.22. The van der Waals surface area contributed by atoms with E-state index in [0.717, 1.165) is 29.8 Å². The molecule has 0 aliphatic heterocycles. The summed E-state index contributed by atoms with van der Waals surface area (Å²) >= 11 is 0. The van der Waals surface area contributed by atoms with Crippen LogP contribution in [0.4, 0.5) is 5.82 Å². The maximum absolute atomic E-state index is 12.6. The molecule has 0 spiro atoms. The summed E-state index contributed by atoms with van der Waals surface area (Å²) < 4.78 is 1.77. The Kier molecular flexibility index (Phi) is 7.00. The highest BCUT2D eigenvalue weighted by Crippen LogP contribution is 2.27. The summed E-state index contributed by atoms with van der Waals surface area (Å²) in [5, 5.41) is 7.68. The van der Waals surface area contributed by atoms with Gasteiger partial charge in [0.05, 0.1) is 17.9 Å². The average Bonchev–Trinajstić information content (AvgIpc) is 3.03. The third-order valence-corrected chi connectivity index (χ3v) is 4.64. The Labute approximate surface area is 167 Å². The van der Waals surface area contributed by atoms with E-state index in [4.69, 9.17) is 5.10 Å². The highest BCUT2D eigenvalue weighted by atomic mass is 16.2. The van der Waals surface area contributed by atoms with Crippen LogP contribution in [0.5, 0.6) is 0 Å². The van der Waals surface area contributed by atoms with Crippen molar-refractivity contribution in [3.05, 3.63) is 41.6 Å². The first-order valence-electron chi connectivity index (χ1n) is 9.84. The number of para-hydroxylation sites is 1. The van der Waals surface area contributed by atoms with Gasteiger partial charge in [-0.3, -0.25) is 9.59 Å². The summed E-state index contributed by atoms with van der Waals surface area (Å²) in [5.41, 5.74) is 2.72. The molecular formula is C22H32N4O2. The molecule has 0 saturated heterocycles. The average molecular weight is 385 g/mol. The number of amides is 2.